The Labute approximate surface area is 83.1 Å². The van der Waals surface area contributed by atoms with Crippen molar-refractivity contribution >= 4 is 11.6 Å². The van der Waals surface area contributed by atoms with E-state index in [1.54, 1.807) is 33.2 Å². The first-order valence-electron chi connectivity index (χ1n) is 4.35. The standard InChI is InChI=1S/C10H14FN3/c1-7-6-8(4-5-9(7)11)14-10(12-2)13-3/h4-6H,1-3H3,(H2,12,13,14). The van der Waals surface area contributed by atoms with Crippen molar-refractivity contribution in [2.45, 2.75) is 6.92 Å². The lowest BCUT2D eigenvalue weighted by Gasteiger charge is -2.09. The van der Waals surface area contributed by atoms with Crippen LogP contribution in [0.2, 0.25) is 0 Å². The first kappa shape index (κ1) is 10.5. The van der Waals surface area contributed by atoms with Gasteiger partial charge in [-0.3, -0.25) is 4.99 Å². The molecule has 0 aliphatic rings. The lowest BCUT2D eigenvalue weighted by molar-refractivity contribution is 0.619. The number of nitrogens with zero attached hydrogens (tertiary/aromatic N) is 1. The van der Waals surface area contributed by atoms with Crippen LogP contribution in [0, 0.1) is 12.7 Å². The predicted octanol–water partition coefficient (Wildman–Crippen LogP) is 1.75. The maximum Gasteiger partial charge on any atom is 0.195 e. The average molecular weight is 195 g/mol. The quantitative estimate of drug-likeness (QED) is 0.529. The Balaban J connectivity index is 2.82. The van der Waals surface area contributed by atoms with E-state index in [1.807, 2.05) is 0 Å². The topological polar surface area (TPSA) is 36.4 Å². The maximum atomic E-state index is 12.9. The van der Waals surface area contributed by atoms with Gasteiger partial charge in [0.2, 0.25) is 0 Å². The van der Waals surface area contributed by atoms with Crippen molar-refractivity contribution < 1.29 is 4.39 Å². The normalized spacial score (nSPS) is 11.3. The lowest BCUT2D eigenvalue weighted by Crippen LogP contribution is -2.26. The maximum absolute atomic E-state index is 12.9. The molecule has 1 rings (SSSR count). The van der Waals surface area contributed by atoms with Crippen LogP contribution < -0.4 is 10.6 Å². The molecule has 0 radical (unpaired) electrons. The zero-order valence-corrected chi connectivity index (χ0v) is 8.56. The van der Waals surface area contributed by atoms with E-state index in [0.29, 0.717) is 11.5 Å². The average Bonchev–Trinajstić information content (AvgIpc) is 2.19. The summed E-state index contributed by atoms with van der Waals surface area (Å²) in [5.41, 5.74) is 1.43. The summed E-state index contributed by atoms with van der Waals surface area (Å²) in [5.74, 6) is 0.450. The van der Waals surface area contributed by atoms with E-state index in [9.17, 15) is 4.39 Å². The molecule has 1 aromatic carbocycles. The summed E-state index contributed by atoms with van der Waals surface area (Å²) in [6.07, 6.45) is 0. The Morgan fingerprint density at radius 2 is 2.14 bits per heavy atom. The SMILES string of the molecule is CN=C(NC)Nc1ccc(F)c(C)c1. The number of rotatable bonds is 1. The van der Waals surface area contributed by atoms with Gasteiger partial charge in [-0.2, -0.15) is 0 Å². The smallest absolute Gasteiger partial charge is 0.195 e. The zero-order valence-electron chi connectivity index (χ0n) is 8.56. The number of hydrogen-bond donors (Lipinski definition) is 2. The summed E-state index contributed by atoms with van der Waals surface area (Å²) < 4.78 is 12.9. The van der Waals surface area contributed by atoms with Gasteiger partial charge in [0, 0.05) is 19.8 Å². The van der Waals surface area contributed by atoms with Crippen LogP contribution in [0.3, 0.4) is 0 Å². The van der Waals surface area contributed by atoms with E-state index in [1.165, 1.54) is 6.07 Å². The first-order valence-corrected chi connectivity index (χ1v) is 4.35. The Kier molecular flexibility index (Phi) is 3.45. The minimum absolute atomic E-state index is 0.199. The summed E-state index contributed by atoms with van der Waals surface area (Å²) in [7, 11) is 3.45. The fourth-order valence-corrected chi connectivity index (χ4v) is 1.09. The van der Waals surface area contributed by atoms with Gasteiger partial charge >= 0.3 is 0 Å². The monoisotopic (exact) mass is 195 g/mol. The lowest BCUT2D eigenvalue weighted by atomic mass is 10.2. The number of hydrogen-bond acceptors (Lipinski definition) is 1. The molecular formula is C10H14FN3. The highest BCUT2D eigenvalue weighted by Crippen LogP contribution is 2.13. The fourth-order valence-electron chi connectivity index (χ4n) is 1.09. The minimum atomic E-state index is -0.199. The van der Waals surface area contributed by atoms with Gasteiger partial charge in [0.25, 0.3) is 0 Å². The van der Waals surface area contributed by atoms with Gasteiger partial charge in [0.1, 0.15) is 5.82 Å². The molecule has 2 N–H and O–H groups in total. The molecular weight excluding hydrogens is 181 g/mol. The third-order valence-electron chi connectivity index (χ3n) is 1.88. The molecule has 0 aliphatic heterocycles. The number of benzene rings is 1. The van der Waals surface area contributed by atoms with Crippen LogP contribution in [0.1, 0.15) is 5.56 Å². The first-order chi connectivity index (χ1) is 6.67. The van der Waals surface area contributed by atoms with Crippen LogP contribution in [0.15, 0.2) is 23.2 Å². The molecule has 0 aliphatic carbocycles. The molecule has 14 heavy (non-hydrogen) atoms. The summed E-state index contributed by atoms with van der Waals surface area (Å²) in [5, 5.41) is 5.90. The van der Waals surface area contributed by atoms with Crippen LogP contribution >= 0.6 is 0 Å². The van der Waals surface area contributed by atoms with Crippen LogP contribution in [-0.2, 0) is 0 Å². The van der Waals surface area contributed by atoms with Crippen LogP contribution in [0.5, 0.6) is 0 Å². The van der Waals surface area contributed by atoms with Gasteiger partial charge in [-0.05, 0) is 30.7 Å². The Morgan fingerprint density at radius 3 is 2.64 bits per heavy atom. The highest BCUT2D eigenvalue weighted by molar-refractivity contribution is 5.93. The van der Waals surface area contributed by atoms with Gasteiger partial charge in [0.05, 0.1) is 0 Å². The van der Waals surface area contributed by atoms with Gasteiger partial charge in [-0.1, -0.05) is 0 Å². The van der Waals surface area contributed by atoms with Gasteiger partial charge < -0.3 is 10.6 Å². The number of guanidine groups is 1. The third-order valence-corrected chi connectivity index (χ3v) is 1.88. The largest absolute Gasteiger partial charge is 0.359 e. The number of halogens is 1. The molecule has 0 saturated carbocycles. The molecule has 3 nitrogen and oxygen atoms in total. The number of aliphatic imine (C=N–C) groups is 1. The highest BCUT2D eigenvalue weighted by Gasteiger charge is 2.00. The fraction of sp³-hybridized carbons (Fsp3) is 0.300. The third kappa shape index (κ3) is 2.45. The van der Waals surface area contributed by atoms with Crippen LogP contribution in [-0.4, -0.2) is 20.1 Å². The molecule has 0 saturated heterocycles. The Bertz CT molecular complexity index is 347. The van der Waals surface area contributed by atoms with E-state index < -0.39 is 0 Å². The van der Waals surface area contributed by atoms with Crippen molar-refractivity contribution in [1.29, 1.82) is 0 Å². The van der Waals surface area contributed by atoms with E-state index >= 15 is 0 Å². The molecule has 0 aromatic heterocycles. The Morgan fingerprint density at radius 1 is 1.43 bits per heavy atom. The van der Waals surface area contributed by atoms with Gasteiger partial charge in [-0.15, -0.1) is 0 Å². The van der Waals surface area contributed by atoms with Gasteiger partial charge in [-0.25, -0.2) is 4.39 Å². The second-order valence-corrected chi connectivity index (χ2v) is 2.91. The second-order valence-electron chi connectivity index (χ2n) is 2.91. The van der Waals surface area contributed by atoms with Crippen LogP contribution in [0.25, 0.3) is 0 Å². The minimum Gasteiger partial charge on any atom is -0.359 e. The van der Waals surface area contributed by atoms with Crippen molar-refractivity contribution in [3.8, 4) is 0 Å². The van der Waals surface area contributed by atoms with Crippen molar-refractivity contribution in [3.63, 3.8) is 0 Å². The van der Waals surface area contributed by atoms with Crippen molar-refractivity contribution in [2.75, 3.05) is 19.4 Å². The summed E-state index contributed by atoms with van der Waals surface area (Å²) in [6.45, 7) is 1.72. The molecule has 0 heterocycles. The van der Waals surface area contributed by atoms with E-state index in [-0.39, 0.29) is 5.82 Å². The number of nitrogens with one attached hydrogen (secondary N) is 2. The molecule has 0 spiro atoms. The van der Waals surface area contributed by atoms with E-state index in [2.05, 4.69) is 15.6 Å². The van der Waals surface area contributed by atoms with E-state index in [4.69, 9.17) is 0 Å². The van der Waals surface area contributed by atoms with Crippen LogP contribution in [0.4, 0.5) is 10.1 Å². The summed E-state index contributed by atoms with van der Waals surface area (Å²) in [4.78, 5) is 3.95. The number of aryl methyl sites for hydroxylation is 1. The number of anilines is 1. The predicted molar refractivity (Wildman–Crippen MR) is 57.2 cm³/mol. The Hall–Kier alpha value is -1.58. The molecule has 0 fully saturated rings. The molecule has 1 aromatic rings. The summed E-state index contributed by atoms with van der Waals surface area (Å²) in [6, 6.07) is 4.84. The zero-order chi connectivity index (χ0) is 10.6. The van der Waals surface area contributed by atoms with Crippen molar-refractivity contribution in [1.82, 2.24) is 5.32 Å². The van der Waals surface area contributed by atoms with E-state index in [0.717, 1.165) is 5.69 Å². The molecule has 0 atom stereocenters. The second kappa shape index (κ2) is 4.60. The molecule has 4 heteroatoms. The molecule has 76 valence electrons. The summed E-state index contributed by atoms with van der Waals surface area (Å²) >= 11 is 0. The highest BCUT2D eigenvalue weighted by atomic mass is 19.1. The van der Waals surface area contributed by atoms with Crippen molar-refractivity contribution in [2.24, 2.45) is 4.99 Å². The molecule has 0 amide bonds. The van der Waals surface area contributed by atoms with Gasteiger partial charge in [0.15, 0.2) is 5.96 Å². The van der Waals surface area contributed by atoms with Crippen molar-refractivity contribution in [3.05, 3.63) is 29.6 Å². The molecule has 0 unspecified atom stereocenters. The molecule has 0 bridgehead atoms.